The Balaban J connectivity index is 2.57. The maximum absolute atomic E-state index is 9.05. The third-order valence-electron chi connectivity index (χ3n) is 2.67. The van der Waals surface area contributed by atoms with Crippen molar-refractivity contribution in [2.24, 2.45) is 0 Å². The second kappa shape index (κ2) is 6.59. The molecule has 1 atom stereocenters. The van der Waals surface area contributed by atoms with Crippen LogP contribution < -0.4 is 0 Å². The van der Waals surface area contributed by atoms with E-state index in [1.54, 1.807) is 0 Å². The summed E-state index contributed by atoms with van der Waals surface area (Å²) in [6, 6.07) is 10.5. The summed E-state index contributed by atoms with van der Waals surface area (Å²) in [5.74, 6) is 0.485. The standard InChI is InChI=1S/C13H21NO/c1-14(2)10-8-13(9-11-15)12-6-4-3-5-7-12/h3-7,13,15H,8-11H2,1-2H3/t13-/m0/s1. The molecule has 0 amide bonds. The summed E-state index contributed by atoms with van der Waals surface area (Å²) in [5, 5.41) is 9.05. The van der Waals surface area contributed by atoms with Gasteiger partial charge < -0.3 is 10.0 Å². The van der Waals surface area contributed by atoms with Crippen molar-refractivity contribution in [3.8, 4) is 0 Å². The lowest BCUT2D eigenvalue weighted by atomic mass is 9.93. The van der Waals surface area contributed by atoms with Crippen LogP contribution in [0.5, 0.6) is 0 Å². The van der Waals surface area contributed by atoms with Crippen molar-refractivity contribution in [3.05, 3.63) is 35.9 Å². The smallest absolute Gasteiger partial charge is 0.0436 e. The van der Waals surface area contributed by atoms with Crippen molar-refractivity contribution < 1.29 is 5.11 Å². The van der Waals surface area contributed by atoms with E-state index in [0.29, 0.717) is 5.92 Å². The molecule has 1 rings (SSSR count). The fraction of sp³-hybridized carbons (Fsp3) is 0.538. The summed E-state index contributed by atoms with van der Waals surface area (Å²) in [6.45, 7) is 1.34. The number of rotatable bonds is 6. The van der Waals surface area contributed by atoms with Crippen LogP contribution in [0.3, 0.4) is 0 Å². The van der Waals surface area contributed by atoms with Crippen LogP contribution in [0, 0.1) is 0 Å². The Labute approximate surface area is 92.5 Å². The summed E-state index contributed by atoms with van der Waals surface area (Å²) in [7, 11) is 4.17. The van der Waals surface area contributed by atoms with Gasteiger partial charge in [0.25, 0.3) is 0 Å². The van der Waals surface area contributed by atoms with Crippen molar-refractivity contribution in [2.45, 2.75) is 18.8 Å². The van der Waals surface area contributed by atoms with Gasteiger partial charge in [-0.3, -0.25) is 0 Å². The number of aliphatic hydroxyl groups excluding tert-OH is 1. The zero-order valence-corrected chi connectivity index (χ0v) is 9.69. The molecule has 1 aromatic rings. The quantitative estimate of drug-likeness (QED) is 0.772. The van der Waals surface area contributed by atoms with Gasteiger partial charge in [0, 0.05) is 6.61 Å². The largest absolute Gasteiger partial charge is 0.396 e. The van der Waals surface area contributed by atoms with Crippen LogP contribution in [-0.4, -0.2) is 37.3 Å². The summed E-state index contributed by atoms with van der Waals surface area (Å²) in [5.41, 5.74) is 1.34. The molecule has 0 radical (unpaired) electrons. The van der Waals surface area contributed by atoms with Crippen LogP contribution in [0.1, 0.15) is 24.3 Å². The summed E-state index contributed by atoms with van der Waals surface area (Å²) < 4.78 is 0. The van der Waals surface area contributed by atoms with Gasteiger partial charge in [-0.2, -0.15) is 0 Å². The highest BCUT2D eigenvalue weighted by Gasteiger charge is 2.10. The van der Waals surface area contributed by atoms with E-state index in [1.165, 1.54) is 5.56 Å². The molecular formula is C13H21NO. The third-order valence-corrected chi connectivity index (χ3v) is 2.67. The molecule has 0 heterocycles. The Kier molecular flexibility index (Phi) is 5.37. The normalized spacial score (nSPS) is 13.1. The molecular weight excluding hydrogens is 186 g/mol. The maximum atomic E-state index is 9.05. The zero-order valence-electron chi connectivity index (χ0n) is 9.69. The van der Waals surface area contributed by atoms with Crippen molar-refractivity contribution >= 4 is 0 Å². The monoisotopic (exact) mass is 207 g/mol. The molecule has 0 aromatic heterocycles. The number of nitrogens with zero attached hydrogens (tertiary/aromatic N) is 1. The van der Waals surface area contributed by atoms with Gasteiger partial charge in [-0.25, -0.2) is 0 Å². The first-order chi connectivity index (χ1) is 7.24. The first-order valence-electron chi connectivity index (χ1n) is 5.54. The fourth-order valence-corrected chi connectivity index (χ4v) is 1.77. The van der Waals surface area contributed by atoms with Crippen LogP contribution in [0.4, 0.5) is 0 Å². The Morgan fingerprint density at radius 1 is 1.13 bits per heavy atom. The van der Waals surface area contributed by atoms with Crippen molar-refractivity contribution in [2.75, 3.05) is 27.2 Å². The Hall–Kier alpha value is -0.860. The summed E-state index contributed by atoms with van der Waals surface area (Å²) in [4.78, 5) is 2.19. The topological polar surface area (TPSA) is 23.5 Å². The SMILES string of the molecule is CN(C)CC[C@@H](CCO)c1ccccc1. The molecule has 1 aromatic carbocycles. The predicted molar refractivity (Wildman–Crippen MR) is 64.1 cm³/mol. The molecule has 0 aliphatic rings. The van der Waals surface area contributed by atoms with E-state index in [1.807, 2.05) is 6.07 Å². The number of benzene rings is 1. The van der Waals surface area contributed by atoms with Gasteiger partial charge in [0.05, 0.1) is 0 Å². The number of hydrogen-bond acceptors (Lipinski definition) is 2. The Morgan fingerprint density at radius 2 is 1.80 bits per heavy atom. The lowest BCUT2D eigenvalue weighted by Crippen LogP contribution is -2.16. The Bertz CT molecular complexity index is 258. The highest BCUT2D eigenvalue weighted by Crippen LogP contribution is 2.22. The predicted octanol–water partition coefficient (Wildman–Crippen LogP) is 2.10. The summed E-state index contributed by atoms with van der Waals surface area (Å²) >= 11 is 0. The van der Waals surface area contributed by atoms with Gasteiger partial charge in [-0.1, -0.05) is 30.3 Å². The molecule has 2 heteroatoms. The minimum atomic E-state index is 0.271. The van der Waals surface area contributed by atoms with Crippen molar-refractivity contribution in [1.29, 1.82) is 0 Å². The van der Waals surface area contributed by atoms with E-state index in [4.69, 9.17) is 5.11 Å². The highest BCUT2D eigenvalue weighted by atomic mass is 16.3. The van der Waals surface area contributed by atoms with Gasteiger partial charge in [0.2, 0.25) is 0 Å². The van der Waals surface area contributed by atoms with E-state index in [-0.39, 0.29) is 6.61 Å². The lowest BCUT2D eigenvalue weighted by Gasteiger charge is -2.18. The van der Waals surface area contributed by atoms with E-state index in [0.717, 1.165) is 19.4 Å². The molecule has 2 nitrogen and oxygen atoms in total. The van der Waals surface area contributed by atoms with Crippen LogP contribution >= 0.6 is 0 Å². The summed E-state index contributed by atoms with van der Waals surface area (Å²) in [6.07, 6.45) is 1.97. The van der Waals surface area contributed by atoms with E-state index >= 15 is 0 Å². The minimum Gasteiger partial charge on any atom is -0.396 e. The average molecular weight is 207 g/mol. The molecule has 0 bridgehead atoms. The first-order valence-corrected chi connectivity index (χ1v) is 5.54. The van der Waals surface area contributed by atoms with Gasteiger partial charge in [-0.15, -0.1) is 0 Å². The highest BCUT2D eigenvalue weighted by molar-refractivity contribution is 5.19. The van der Waals surface area contributed by atoms with Crippen LogP contribution in [0.15, 0.2) is 30.3 Å². The van der Waals surface area contributed by atoms with Crippen LogP contribution in [0.25, 0.3) is 0 Å². The van der Waals surface area contributed by atoms with E-state index in [9.17, 15) is 0 Å². The minimum absolute atomic E-state index is 0.271. The number of hydrogen-bond donors (Lipinski definition) is 1. The molecule has 84 valence electrons. The Morgan fingerprint density at radius 3 is 2.33 bits per heavy atom. The van der Waals surface area contributed by atoms with Crippen LogP contribution in [-0.2, 0) is 0 Å². The zero-order chi connectivity index (χ0) is 11.1. The molecule has 0 spiro atoms. The van der Waals surface area contributed by atoms with Gasteiger partial charge >= 0.3 is 0 Å². The first kappa shape index (κ1) is 12.2. The second-order valence-electron chi connectivity index (χ2n) is 4.21. The van der Waals surface area contributed by atoms with Gasteiger partial charge in [-0.05, 0) is 45.0 Å². The van der Waals surface area contributed by atoms with E-state index < -0.39 is 0 Å². The third kappa shape index (κ3) is 4.45. The molecule has 1 N–H and O–H groups in total. The van der Waals surface area contributed by atoms with Gasteiger partial charge in [0.15, 0.2) is 0 Å². The fourth-order valence-electron chi connectivity index (χ4n) is 1.77. The van der Waals surface area contributed by atoms with Crippen molar-refractivity contribution in [3.63, 3.8) is 0 Å². The number of aliphatic hydroxyl groups is 1. The molecule has 0 saturated carbocycles. The second-order valence-corrected chi connectivity index (χ2v) is 4.21. The molecule has 15 heavy (non-hydrogen) atoms. The molecule has 0 saturated heterocycles. The van der Waals surface area contributed by atoms with E-state index in [2.05, 4.69) is 43.3 Å². The maximum Gasteiger partial charge on any atom is 0.0436 e. The van der Waals surface area contributed by atoms with Crippen molar-refractivity contribution in [1.82, 2.24) is 4.90 Å². The lowest BCUT2D eigenvalue weighted by molar-refractivity contribution is 0.266. The van der Waals surface area contributed by atoms with Gasteiger partial charge in [0.1, 0.15) is 0 Å². The molecule has 0 aliphatic carbocycles. The molecule has 0 unspecified atom stereocenters. The molecule has 0 aliphatic heterocycles. The molecule has 0 fully saturated rings. The van der Waals surface area contributed by atoms with Crippen LogP contribution in [0.2, 0.25) is 0 Å². The average Bonchev–Trinajstić information content (AvgIpc) is 2.25.